The Labute approximate surface area is 125 Å². The summed E-state index contributed by atoms with van der Waals surface area (Å²) in [5.74, 6) is -0.936. The van der Waals surface area contributed by atoms with Gasteiger partial charge in [0.05, 0.1) is 12.2 Å². The fourth-order valence-corrected chi connectivity index (χ4v) is 3.38. The minimum absolute atomic E-state index is 0.166. The average Bonchev–Trinajstić information content (AvgIpc) is 2.62. The molecular formula is C14H21N3O3S. The van der Waals surface area contributed by atoms with E-state index in [1.807, 2.05) is 30.3 Å². The number of primary amides is 1. The molecular weight excluding hydrogens is 290 g/mol. The molecule has 1 aromatic rings. The molecule has 0 saturated carbocycles. The molecule has 1 aliphatic heterocycles. The van der Waals surface area contributed by atoms with Crippen molar-refractivity contribution in [2.45, 2.75) is 6.54 Å². The van der Waals surface area contributed by atoms with Crippen LogP contribution in [0.5, 0.6) is 0 Å². The first-order chi connectivity index (χ1) is 9.86. The Balaban J connectivity index is 2.12. The van der Waals surface area contributed by atoms with Crippen LogP contribution in [0.25, 0.3) is 0 Å². The highest BCUT2D eigenvalue weighted by atomic mass is 32.2. The SMILES string of the molecule is CS(=O)(=O)N1CCN(Cc2ccccc2)C[C@@H](C(N)=O)C1. The van der Waals surface area contributed by atoms with Gasteiger partial charge < -0.3 is 5.73 Å². The normalized spacial score (nSPS) is 21.9. The van der Waals surface area contributed by atoms with Crippen LogP contribution in [-0.4, -0.2) is 56.0 Å². The highest BCUT2D eigenvalue weighted by Gasteiger charge is 2.30. The molecule has 6 nitrogen and oxygen atoms in total. The van der Waals surface area contributed by atoms with E-state index in [2.05, 4.69) is 4.90 Å². The molecule has 21 heavy (non-hydrogen) atoms. The van der Waals surface area contributed by atoms with Crippen molar-refractivity contribution >= 4 is 15.9 Å². The zero-order valence-corrected chi connectivity index (χ0v) is 12.9. The van der Waals surface area contributed by atoms with Crippen molar-refractivity contribution in [1.29, 1.82) is 0 Å². The van der Waals surface area contributed by atoms with Crippen LogP contribution >= 0.6 is 0 Å². The fourth-order valence-electron chi connectivity index (χ4n) is 2.52. The van der Waals surface area contributed by atoms with Gasteiger partial charge in [-0.15, -0.1) is 0 Å². The van der Waals surface area contributed by atoms with E-state index in [1.165, 1.54) is 4.31 Å². The van der Waals surface area contributed by atoms with Crippen molar-refractivity contribution in [2.75, 3.05) is 32.4 Å². The van der Waals surface area contributed by atoms with Crippen LogP contribution in [0.2, 0.25) is 0 Å². The second kappa shape index (κ2) is 6.55. The largest absolute Gasteiger partial charge is 0.369 e. The van der Waals surface area contributed by atoms with Crippen LogP contribution in [0.1, 0.15) is 5.56 Å². The van der Waals surface area contributed by atoms with Crippen LogP contribution < -0.4 is 5.73 Å². The summed E-state index contributed by atoms with van der Waals surface area (Å²) < 4.78 is 24.8. The molecule has 0 spiro atoms. The molecule has 1 aromatic carbocycles. The molecule has 116 valence electrons. The molecule has 7 heteroatoms. The second-order valence-electron chi connectivity index (χ2n) is 5.44. The van der Waals surface area contributed by atoms with E-state index >= 15 is 0 Å². The monoisotopic (exact) mass is 311 g/mol. The van der Waals surface area contributed by atoms with E-state index in [4.69, 9.17) is 5.73 Å². The lowest BCUT2D eigenvalue weighted by molar-refractivity contribution is -0.122. The molecule has 0 radical (unpaired) electrons. The van der Waals surface area contributed by atoms with Gasteiger partial charge in [0, 0.05) is 32.7 Å². The molecule has 1 saturated heterocycles. The van der Waals surface area contributed by atoms with Gasteiger partial charge in [0.1, 0.15) is 0 Å². The Hall–Kier alpha value is -1.44. The topological polar surface area (TPSA) is 83.7 Å². The average molecular weight is 311 g/mol. The summed E-state index contributed by atoms with van der Waals surface area (Å²) >= 11 is 0. The smallest absolute Gasteiger partial charge is 0.223 e. The Morgan fingerprint density at radius 3 is 2.48 bits per heavy atom. The zero-order valence-electron chi connectivity index (χ0n) is 12.1. The third-order valence-electron chi connectivity index (χ3n) is 3.69. The van der Waals surface area contributed by atoms with Gasteiger partial charge in [0.15, 0.2) is 0 Å². The molecule has 1 atom stereocenters. The van der Waals surface area contributed by atoms with Crippen molar-refractivity contribution < 1.29 is 13.2 Å². The molecule has 0 bridgehead atoms. The lowest BCUT2D eigenvalue weighted by Crippen LogP contribution is -2.40. The predicted molar refractivity (Wildman–Crippen MR) is 80.8 cm³/mol. The quantitative estimate of drug-likeness (QED) is 0.839. The second-order valence-corrected chi connectivity index (χ2v) is 7.42. The number of hydrogen-bond donors (Lipinski definition) is 1. The lowest BCUT2D eigenvalue weighted by Gasteiger charge is -2.22. The van der Waals surface area contributed by atoms with Crippen LogP contribution in [0, 0.1) is 5.92 Å². The summed E-state index contributed by atoms with van der Waals surface area (Å²) in [6.07, 6.45) is 1.16. The summed E-state index contributed by atoms with van der Waals surface area (Å²) in [6.45, 7) is 2.30. The summed E-state index contributed by atoms with van der Waals surface area (Å²) in [7, 11) is -3.31. The van der Waals surface area contributed by atoms with Crippen molar-refractivity contribution in [1.82, 2.24) is 9.21 Å². The first kappa shape index (κ1) is 15.9. The number of amides is 1. The van der Waals surface area contributed by atoms with Gasteiger partial charge in [-0.3, -0.25) is 9.69 Å². The van der Waals surface area contributed by atoms with Crippen LogP contribution in [-0.2, 0) is 21.4 Å². The first-order valence-electron chi connectivity index (χ1n) is 6.87. The molecule has 1 heterocycles. The van der Waals surface area contributed by atoms with Gasteiger partial charge in [-0.25, -0.2) is 12.7 Å². The molecule has 1 amide bonds. The standard InChI is InChI=1S/C14H21N3O3S/c1-21(19,20)17-8-7-16(10-13(11-17)14(15)18)9-12-5-3-2-4-6-12/h2-6,13H,7-11H2,1H3,(H2,15,18)/t13-/m1/s1. The maximum Gasteiger partial charge on any atom is 0.223 e. The molecule has 0 aromatic heterocycles. The molecule has 0 unspecified atom stereocenters. The number of rotatable bonds is 4. The molecule has 2 N–H and O–H groups in total. The highest BCUT2D eigenvalue weighted by molar-refractivity contribution is 7.88. The van der Waals surface area contributed by atoms with Gasteiger partial charge in [-0.05, 0) is 5.56 Å². The van der Waals surface area contributed by atoms with Crippen molar-refractivity contribution in [2.24, 2.45) is 11.7 Å². The van der Waals surface area contributed by atoms with Crippen LogP contribution in [0.15, 0.2) is 30.3 Å². The number of nitrogens with two attached hydrogens (primary N) is 1. The first-order valence-corrected chi connectivity index (χ1v) is 8.72. The van der Waals surface area contributed by atoms with Gasteiger partial charge in [-0.2, -0.15) is 0 Å². The summed E-state index contributed by atoms with van der Waals surface area (Å²) in [5.41, 5.74) is 6.54. The zero-order chi connectivity index (χ0) is 15.5. The minimum Gasteiger partial charge on any atom is -0.369 e. The van der Waals surface area contributed by atoms with Gasteiger partial charge >= 0.3 is 0 Å². The van der Waals surface area contributed by atoms with Crippen LogP contribution in [0.4, 0.5) is 0 Å². The maximum absolute atomic E-state index is 11.7. The van der Waals surface area contributed by atoms with E-state index in [0.717, 1.165) is 11.8 Å². The number of sulfonamides is 1. The molecule has 2 rings (SSSR count). The van der Waals surface area contributed by atoms with Gasteiger partial charge in [0.2, 0.25) is 15.9 Å². The molecule has 1 aliphatic rings. The van der Waals surface area contributed by atoms with E-state index in [-0.39, 0.29) is 6.54 Å². The van der Waals surface area contributed by atoms with Crippen molar-refractivity contribution in [3.8, 4) is 0 Å². The molecule has 0 aliphatic carbocycles. The number of carbonyl (C=O) groups is 1. The van der Waals surface area contributed by atoms with E-state index in [0.29, 0.717) is 26.2 Å². The Morgan fingerprint density at radius 2 is 1.90 bits per heavy atom. The van der Waals surface area contributed by atoms with E-state index in [9.17, 15) is 13.2 Å². The number of carbonyl (C=O) groups excluding carboxylic acids is 1. The Bertz CT molecular complexity index is 589. The molecule has 1 fully saturated rings. The van der Waals surface area contributed by atoms with E-state index in [1.54, 1.807) is 0 Å². The Kier molecular flexibility index (Phi) is 4.97. The fraction of sp³-hybridized carbons (Fsp3) is 0.500. The summed E-state index contributed by atoms with van der Waals surface area (Å²) in [5, 5.41) is 0. The predicted octanol–water partition coefficient (Wildman–Crippen LogP) is -0.135. The minimum atomic E-state index is -3.31. The van der Waals surface area contributed by atoms with Crippen LogP contribution in [0.3, 0.4) is 0 Å². The van der Waals surface area contributed by atoms with E-state index < -0.39 is 21.8 Å². The number of nitrogens with zero attached hydrogens (tertiary/aromatic N) is 2. The van der Waals surface area contributed by atoms with Gasteiger partial charge in [0.25, 0.3) is 0 Å². The lowest BCUT2D eigenvalue weighted by atomic mass is 10.1. The third-order valence-corrected chi connectivity index (χ3v) is 4.96. The third kappa shape index (κ3) is 4.52. The number of hydrogen-bond acceptors (Lipinski definition) is 4. The summed E-state index contributed by atoms with van der Waals surface area (Å²) in [4.78, 5) is 13.6. The van der Waals surface area contributed by atoms with Crippen molar-refractivity contribution in [3.05, 3.63) is 35.9 Å². The van der Waals surface area contributed by atoms with Crippen molar-refractivity contribution in [3.63, 3.8) is 0 Å². The Morgan fingerprint density at radius 1 is 1.24 bits per heavy atom. The number of benzene rings is 1. The highest BCUT2D eigenvalue weighted by Crippen LogP contribution is 2.15. The maximum atomic E-state index is 11.7. The summed E-state index contributed by atoms with van der Waals surface area (Å²) in [6, 6.07) is 9.89. The van der Waals surface area contributed by atoms with Gasteiger partial charge in [-0.1, -0.05) is 30.3 Å².